The molecule has 0 aliphatic rings. The van der Waals surface area contributed by atoms with E-state index in [4.69, 9.17) is 19.6 Å². The lowest BCUT2D eigenvalue weighted by molar-refractivity contribution is 0.247. The first-order valence-electron chi connectivity index (χ1n) is 7.19. The first kappa shape index (κ1) is 14.3. The highest BCUT2D eigenvalue weighted by atomic mass is 16.5. The molecule has 3 rings (SSSR count). The molecular formula is C17H18N2O3. The molecule has 3 aromatic rings. The van der Waals surface area contributed by atoms with Gasteiger partial charge in [-0.1, -0.05) is 0 Å². The summed E-state index contributed by atoms with van der Waals surface area (Å²) in [6.07, 6.45) is 0.792. The molecule has 0 unspecified atom stereocenters. The zero-order chi connectivity index (χ0) is 15.4. The van der Waals surface area contributed by atoms with Crippen LogP contribution in [0.4, 0.5) is 5.69 Å². The van der Waals surface area contributed by atoms with Gasteiger partial charge in [0.2, 0.25) is 0 Å². The van der Waals surface area contributed by atoms with Gasteiger partial charge < -0.3 is 19.6 Å². The maximum Gasteiger partial charge on any atom is 0.192 e. The van der Waals surface area contributed by atoms with Crippen LogP contribution in [0.25, 0.3) is 11.1 Å². The Morgan fingerprint density at radius 3 is 2.45 bits per heavy atom. The first-order chi connectivity index (χ1) is 10.7. The second kappa shape index (κ2) is 6.39. The van der Waals surface area contributed by atoms with Crippen LogP contribution in [0, 0.1) is 6.92 Å². The predicted octanol–water partition coefficient (Wildman–Crippen LogP) is 3.57. The molecule has 0 radical (unpaired) electrons. The van der Waals surface area contributed by atoms with Crippen LogP contribution in [0.5, 0.6) is 11.5 Å². The summed E-state index contributed by atoms with van der Waals surface area (Å²) < 4.78 is 16.7. The average Bonchev–Trinajstić information content (AvgIpc) is 2.88. The Hall–Kier alpha value is -2.69. The minimum Gasteiger partial charge on any atom is -0.493 e. The zero-order valence-corrected chi connectivity index (χ0v) is 12.4. The molecule has 0 fully saturated rings. The topological polar surface area (TPSA) is 70.5 Å². The number of nitrogens with two attached hydrogens (primary N) is 1. The summed E-state index contributed by atoms with van der Waals surface area (Å²) in [5, 5.41) is 0. The fraction of sp³-hybridized carbons (Fsp3) is 0.235. The van der Waals surface area contributed by atoms with Crippen molar-refractivity contribution in [2.24, 2.45) is 0 Å². The van der Waals surface area contributed by atoms with E-state index in [-0.39, 0.29) is 0 Å². The van der Waals surface area contributed by atoms with Crippen molar-refractivity contribution in [3.63, 3.8) is 0 Å². The number of nitrogens with zero attached hydrogens (tertiary/aromatic N) is 1. The quantitative estimate of drug-likeness (QED) is 0.556. The Bertz CT molecular complexity index is 750. The molecule has 1 heterocycles. The lowest BCUT2D eigenvalue weighted by Gasteiger charge is -2.08. The molecule has 2 N–H and O–H groups in total. The molecule has 1 aromatic heterocycles. The van der Waals surface area contributed by atoms with Crippen LogP contribution in [0.1, 0.15) is 12.3 Å². The minimum absolute atomic E-state index is 0.581. The Labute approximate surface area is 128 Å². The SMILES string of the molecule is Cc1nc2cc(OCCCOc3ccc(N)cc3)ccc2o1. The highest BCUT2D eigenvalue weighted by Crippen LogP contribution is 2.21. The molecule has 0 saturated heterocycles. The largest absolute Gasteiger partial charge is 0.493 e. The highest BCUT2D eigenvalue weighted by molar-refractivity contribution is 5.74. The summed E-state index contributed by atoms with van der Waals surface area (Å²) in [4.78, 5) is 4.28. The minimum atomic E-state index is 0.581. The van der Waals surface area contributed by atoms with Gasteiger partial charge in [-0.05, 0) is 36.4 Å². The maximum atomic E-state index is 5.70. The van der Waals surface area contributed by atoms with Crippen LogP contribution in [0.3, 0.4) is 0 Å². The van der Waals surface area contributed by atoms with Crippen molar-refractivity contribution in [3.8, 4) is 11.5 Å². The van der Waals surface area contributed by atoms with Gasteiger partial charge in [-0.25, -0.2) is 4.98 Å². The van der Waals surface area contributed by atoms with Crippen molar-refractivity contribution in [1.29, 1.82) is 0 Å². The number of aromatic nitrogens is 1. The number of anilines is 1. The number of oxazole rings is 1. The molecule has 2 aromatic carbocycles. The number of rotatable bonds is 6. The number of ether oxygens (including phenoxy) is 2. The zero-order valence-electron chi connectivity index (χ0n) is 12.4. The molecule has 0 bridgehead atoms. The standard InChI is InChI=1S/C17H18N2O3/c1-12-19-16-11-15(7-8-17(16)22-12)21-10-2-9-20-14-5-3-13(18)4-6-14/h3-8,11H,2,9-10,18H2,1H3. The Morgan fingerprint density at radius 2 is 1.68 bits per heavy atom. The summed E-state index contributed by atoms with van der Waals surface area (Å²) in [7, 11) is 0. The Balaban J connectivity index is 1.44. The van der Waals surface area contributed by atoms with Crippen molar-refractivity contribution >= 4 is 16.8 Å². The van der Waals surface area contributed by atoms with Crippen LogP contribution in [-0.2, 0) is 0 Å². The maximum absolute atomic E-state index is 5.70. The fourth-order valence-corrected chi connectivity index (χ4v) is 2.12. The van der Waals surface area contributed by atoms with Crippen molar-refractivity contribution in [1.82, 2.24) is 4.98 Å². The lowest BCUT2D eigenvalue weighted by atomic mass is 10.3. The van der Waals surface area contributed by atoms with Gasteiger partial charge in [-0.2, -0.15) is 0 Å². The summed E-state index contributed by atoms with van der Waals surface area (Å²) in [6, 6.07) is 13.0. The average molecular weight is 298 g/mol. The van der Waals surface area contributed by atoms with Gasteiger partial charge in [0.25, 0.3) is 0 Å². The van der Waals surface area contributed by atoms with E-state index in [9.17, 15) is 0 Å². The molecule has 114 valence electrons. The van der Waals surface area contributed by atoms with E-state index >= 15 is 0 Å². The fourth-order valence-electron chi connectivity index (χ4n) is 2.12. The molecule has 5 heteroatoms. The summed E-state index contributed by atoms with van der Waals surface area (Å²) >= 11 is 0. The van der Waals surface area contributed by atoms with Gasteiger partial charge in [0, 0.05) is 25.1 Å². The number of benzene rings is 2. The number of nitrogen functional groups attached to an aromatic ring is 1. The van der Waals surface area contributed by atoms with Crippen molar-refractivity contribution in [3.05, 3.63) is 48.4 Å². The third-order valence-corrected chi connectivity index (χ3v) is 3.17. The Morgan fingerprint density at radius 1 is 1.00 bits per heavy atom. The van der Waals surface area contributed by atoms with E-state index in [2.05, 4.69) is 4.98 Å². The van der Waals surface area contributed by atoms with Gasteiger partial charge in [0.05, 0.1) is 13.2 Å². The molecule has 0 aliphatic heterocycles. The molecule has 22 heavy (non-hydrogen) atoms. The van der Waals surface area contributed by atoms with Crippen LogP contribution < -0.4 is 15.2 Å². The number of hydrogen-bond acceptors (Lipinski definition) is 5. The van der Waals surface area contributed by atoms with Gasteiger partial charge in [-0.3, -0.25) is 0 Å². The third kappa shape index (κ3) is 3.49. The van der Waals surface area contributed by atoms with Crippen LogP contribution in [0.15, 0.2) is 46.9 Å². The van der Waals surface area contributed by atoms with Crippen molar-refractivity contribution in [2.75, 3.05) is 18.9 Å². The molecule has 0 spiro atoms. The highest BCUT2D eigenvalue weighted by Gasteiger charge is 2.03. The monoisotopic (exact) mass is 298 g/mol. The van der Waals surface area contributed by atoms with E-state index in [1.54, 1.807) is 0 Å². The summed E-state index contributed by atoms with van der Waals surface area (Å²) in [5.74, 6) is 2.26. The van der Waals surface area contributed by atoms with E-state index in [1.807, 2.05) is 49.4 Å². The van der Waals surface area contributed by atoms with Gasteiger partial charge in [-0.15, -0.1) is 0 Å². The second-order valence-corrected chi connectivity index (χ2v) is 4.98. The van der Waals surface area contributed by atoms with Gasteiger partial charge in [0.1, 0.15) is 17.0 Å². The van der Waals surface area contributed by atoms with Crippen LogP contribution in [0.2, 0.25) is 0 Å². The molecule has 0 saturated carbocycles. The smallest absolute Gasteiger partial charge is 0.192 e. The van der Waals surface area contributed by atoms with E-state index < -0.39 is 0 Å². The van der Waals surface area contributed by atoms with E-state index in [0.29, 0.717) is 19.1 Å². The van der Waals surface area contributed by atoms with Gasteiger partial charge in [0.15, 0.2) is 11.5 Å². The summed E-state index contributed by atoms with van der Waals surface area (Å²) in [6.45, 7) is 3.00. The predicted molar refractivity (Wildman–Crippen MR) is 85.2 cm³/mol. The van der Waals surface area contributed by atoms with E-state index in [1.165, 1.54) is 0 Å². The van der Waals surface area contributed by atoms with E-state index in [0.717, 1.165) is 34.7 Å². The number of aryl methyl sites for hydroxylation is 1. The van der Waals surface area contributed by atoms with Crippen LogP contribution >= 0.6 is 0 Å². The molecular weight excluding hydrogens is 280 g/mol. The van der Waals surface area contributed by atoms with Crippen molar-refractivity contribution in [2.45, 2.75) is 13.3 Å². The third-order valence-electron chi connectivity index (χ3n) is 3.17. The normalized spacial score (nSPS) is 10.8. The van der Waals surface area contributed by atoms with Crippen LogP contribution in [-0.4, -0.2) is 18.2 Å². The number of fused-ring (bicyclic) bond motifs is 1. The molecule has 5 nitrogen and oxygen atoms in total. The van der Waals surface area contributed by atoms with Gasteiger partial charge >= 0.3 is 0 Å². The molecule has 0 atom stereocenters. The first-order valence-corrected chi connectivity index (χ1v) is 7.19. The number of hydrogen-bond donors (Lipinski definition) is 1. The van der Waals surface area contributed by atoms with Crippen molar-refractivity contribution < 1.29 is 13.9 Å². The molecule has 0 aliphatic carbocycles. The lowest BCUT2D eigenvalue weighted by Crippen LogP contribution is -2.05. The Kier molecular flexibility index (Phi) is 4.14. The molecule has 0 amide bonds. The second-order valence-electron chi connectivity index (χ2n) is 4.98. The summed E-state index contributed by atoms with van der Waals surface area (Å²) in [5.41, 5.74) is 7.94.